The third kappa shape index (κ3) is 1.50. The van der Waals surface area contributed by atoms with Crippen LogP contribution in [0.15, 0.2) is 12.1 Å². The molecule has 0 bridgehead atoms. The van der Waals surface area contributed by atoms with E-state index in [2.05, 4.69) is 6.07 Å². The van der Waals surface area contributed by atoms with Gasteiger partial charge in [0, 0.05) is 11.1 Å². The molecule has 0 saturated carbocycles. The summed E-state index contributed by atoms with van der Waals surface area (Å²) in [5.74, 6) is 0.346. The summed E-state index contributed by atoms with van der Waals surface area (Å²) in [5.41, 5.74) is 9.04. The van der Waals surface area contributed by atoms with E-state index in [1.165, 1.54) is 17.5 Å². The summed E-state index contributed by atoms with van der Waals surface area (Å²) in [6.07, 6.45) is 3.41. The zero-order chi connectivity index (χ0) is 10.3. The predicted octanol–water partition coefficient (Wildman–Crippen LogP) is 2.07. The Morgan fingerprint density at radius 1 is 1.21 bits per heavy atom. The van der Waals surface area contributed by atoms with Crippen LogP contribution in [0.5, 0.6) is 5.75 Å². The largest absolute Gasteiger partial charge is 0.508 e. The van der Waals surface area contributed by atoms with E-state index in [9.17, 15) is 5.11 Å². The standard InChI is InChI=1S/C12H17NO/c1-12(2,13)10-6-8-4-3-5-9(8)7-11(10)14/h6-7,14H,3-5,13H2,1-2H3. The van der Waals surface area contributed by atoms with Gasteiger partial charge in [0.25, 0.3) is 0 Å². The molecule has 1 aromatic carbocycles. The van der Waals surface area contributed by atoms with E-state index in [1.54, 1.807) is 0 Å². The molecule has 0 atom stereocenters. The highest BCUT2D eigenvalue weighted by Crippen LogP contribution is 2.33. The van der Waals surface area contributed by atoms with Crippen LogP contribution in [0, 0.1) is 0 Å². The minimum atomic E-state index is -0.457. The lowest BCUT2D eigenvalue weighted by Crippen LogP contribution is -2.28. The van der Waals surface area contributed by atoms with Gasteiger partial charge in [-0.1, -0.05) is 6.07 Å². The van der Waals surface area contributed by atoms with Gasteiger partial charge in [0.1, 0.15) is 5.75 Å². The molecule has 0 aromatic heterocycles. The maximum Gasteiger partial charge on any atom is 0.120 e. The zero-order valence-electron chi connectivity index (χ0n) is 8.80. The number of nitrogens with two attached hydrogens (primary N) is 1. The van der Waals surface area contributed by atoms with E-state index >= 15 is 0 Å². The van der Waals surface area contributed by atoms with Gasteiger partial charge in [0.2, 0.25) is 0 Å². The predicted molar refractivity (Wildman–Crippen MR) is 57.3 cm³/mol. The van der Waals surface area contributed by atoms with Crippen molar-refractivity contribution in [2.24, 2.45) is 5.73 Å². The van der Waals surface area contributed by atoms with Gasteiger partial charge in [-0.15, -0.1) is 0 Å². The van der Waals surface area contributed by atoms with Crippen molar-refractivity contribution in [3.05, 3.63) is 28.8 Å². The Kier molecular flexibility index (Phi) is 2.04. The molecule has 2 nitrogen and oxygen atoms in total. The summed E-state index contributed by atoms with van der Waals surface area (Å²) < 4.78 is 0. The first-order valence-electron chi connectivity index (χ1n) is 5.12. The molecule has 0 aliphatic heterocycles. The van der Waals surface area contributed by atoms with Crippen molar-refractivity contribution in [3.8, 4) is 5.75 Å². The number of phenols is 1. The second-order valence-corrected chi connectivity index (χ2v) is 4.71. The summed E-state index contributed by atoms with van der Waals surface area (Å²) in [4.78, 5) is 0. The van der Waals surface area contributed by atoms with Crippen molar-refractivity contribution in [2.45, 2.75) is 38.6 Å². The number of phenolic OH excluding ortho intramolecular Hbond substituents is 1. The fourth-order valence-electron chi connectivity index (χ4n) is 2.13. The molecule has 0 heterocycles. The first kappa shape index (κ1) is 9.53. The number of hydrogen-bond acceptors (Lipinski definition) is 2. The van der Waals surface area contributed by atoms with Gasteiger partial charge in [0.05, 0.1) is 0 Å². The lowest BCUT2D eigenvalue weighted by atomic mass is 9.91. The normalized spacial score (nSPS) is 15.6. The number of rotatable bonds is 1. The number of hydrogen-bond donors (Lipinski definition) is 2. The van der Waals surface area contributed by atoms with Crippen LogP contribution in [-0.2, 0) is 18.4 Å². The fourth-order valence-corrected chi connectivity index (χ4v) is 2.13. The van der Waals surface area contributed by atoms with Crippen molar-refractivity contribution < 1.29 is 5.11 Å². The van der Waals surface area contributed by atoms with Crippen molar-refractivity contribution in [2.75, 3.05) is 0 Å². The molecule has 0 radical (unpaired) electrons. The Bertz CT molecular complexity index is 363. The number of fused-ring (bicyclic) bond motifs is 1. The van der Waals surface area contributed by atoms with Gasteiger partial charge in [-0.2, -0.15) is 0 Å². The summed E-state index contributed by atoms with van der Waals surface area (Å²) in [7, 11) is 0. The van der Waals surface area contributed by atoms with Crippen LogP contribution in [0.2, 0.25) is 0 Å². The van der Waals surface area contributed by atoms with Gasteiger partial charge in [-0.05, 0) is 50.3 Å². The second-order valence-electron chi connectivity index (χ2n) is 4.71. The summed E-state index contributed by atoms with van der Waals surface area (Å²) in [5, 5.41) is 9.83. The Morgan fingerprint density at radius 3 is 2.36 bits per heavy atom. The minimum Gasteiger partial charge on any atom is -0.508 e. The van der Waals surface area contributed by atoms with Gasteiger partial charge >= 0.3 is 0 Å². The molecule has 1 aliphatic rings. The number of aryl methyl sites for hydroxylation is 2. The van der Waals surface area contributed by atoms with Gasteiger partial charge < -0.3 is 10.8 Å². The first-order valence-corrected chi connectivity index (χ1v) is 5.12. The van der Waals surface area contributed by atoms with E-state index < -0.39 is 5.54 Å². The Balaban J connectivity index is 2.53. The van der Waals surface area contributed by atoms with Crippen LogP contribution in [-0.4, -0.2) is 5.11 Å². The topological polar surface area (TPSA) is 46.2 Å². The SMILES string of the molecule is CC(C)(N)c1cc2c(cc1O)CCC2. The van der Waals surface area contributed by atoms with E-state index in [4.69, 9.17) is 5.73 Å². The lowest BCUT2D eigenvalue weighted by molar-refractivity contribution is 0.439. The third-order valence-electron chi connectivity index (χ3n) is 2.90. The van der Waals surface area contributed by atoms with Crippen LogP contribution in [0.25, 0.3) is 0 Å². The molecule has 0 saturated heterocycles. The Labute approximate surface area is 84.7 Å². The highest BCUT2D eigenvalue weighted by Gasteiger charge is 2.22. The van der Waals surface area contributed by atoms with Crippen LogP contribution in [0.3, 0.4) is 0 Å². The molecule has 3 N–H and O–H groups in total. The third-order valence-corrected chi connectivity index (χ3v) is 2.90. The average molecular weight is 191 g/mol. The van der Waals surface area contributed by atoms with Crippen LogP contribution >= 0.6 is 0 Å². The maximum atomic E-state index is 9.83. The molecule has 0 amide bonds. The quantitative estimate of drug-likeness (QED) is 0.714. The Hall–Kier alpha value is -1.02. The molecule has 0 unspecified atom stereocenters. The van der Waals surface area contributed by atoms with E-state index in [0.29, 0.717) is 5.75 Å². The fraction of sp³-hybridized carbons (Fsp3) is 0.500. The summed E-state index contributed by atoms with van der Waals surface area (Å²) >= 11 is 0. The monoisotopic (exact) mass is 191 g/mol. The Morgan fingerprint density at radius 2 is 1.79 bits per heavy atom. The van der Waals surface area contributed by atoms with Crippen molar-refractivity contribution in [3.63, 3.8) is 0 Å². The molecule has 76 valence electrons. The molecule has 2 rings (SSSR count). The molecular weight excluding hydrogens is 174 g/mol. The number of benzene rings is 1. The highest BCUT2D eigenvalue weighted by molar-refractivity contribution is 5.46. The van der Waals surface area contributed by atoms with Crippen molar-refractivity contribution >= 4 is 0 Å². The molecule has 0 fully saturated rings. The lowest BCUT2D eigenvalue weighted by Gasteiger charge is -2.21. The maximum absolute atomic E-state index is 9.83. The summed E-state index contributed by atoms with van der Waals surface area (Å²) in [6, 6.07) is 3.95. The molecule has 0 spiro atoms. The molecule has 2 heteroatoms. The average Bonchev–Trinajstić information content (AvgIpc) is 2.47. The smallest absolute Gasteiger partial charge is 0.120 e. The number of aromatic hydroxyl groups is 1. The molecule has 1 aromatic rings. The minimum absolute atomic E-state index is 0.346. The van der Waals surface area contributed by atoms with Crippen molar-refractivity contribution in [1.82, 2.24) is 0 Å². The van der Waals surface area contributed by atoms with E-state index in [0.717, 1.165) is 18.4 Å². The van der Waals surface area contributed by atoms with Gasteiger partial charge in [-0.3, -0.25) is 0 Å². The first-order chi connectivity index (χ1) is 6.48. The van der Waals surface area contributed by atoms with Gasteiger partial charge in [0.15, 0.2) is 0 Å². The molecular formula is C12H17NO. The van der Waals surface area contributed by atoms with E-state index in [-0.39, 0.29) is 0 Å². The van der Waals surface area contributed by atoms with Crippen LogP contribution < -0.4 is 5.73 Å². The van der Waals surface area contributed by atoms with Crippen molar-refractivity contribution in [1.29, 1.82) is 0 Å². The summed E-state index contributed by atoms with van der Waals surface area (Å²) in [6.45, 7) is 3.84. The van der Waals surface area contributed by atoms with E-state index in [1.807, 2.05) is 19.9 Å². The highest BCUT2D eigenvalue weighted by atomic mass is 16.3. The molecule has 1 aliphatic carbocycles. The second kappa shape index (κ2) is 2.99. The van der Waals surface area contributed by atoms with Gasteiger partial charge in [-0.25, -0.2) is 0 Å². The molecule has 14 heavy (non-hydrogen) atoms. The van der Waals surface area contributed by atoms with Crippen LogP contribution in [0.4, 0.5) is 0 Å². The van der Waals surface area contributed by atoms with Crippen LogP contribution in [0.1, 0.15) is 37.0 Å². The zero-order valence-corrected chi connectivity index (χ0v) is 8.80.